The van der Waals surface area contributed by atoms with Crippen LogP contribution in [0.1, 0.15) is 35.1 Å². The first-order valence-corrected chi connectivity index (χ1v) is 8.45. The molecule has 1 aliphatic heterocycles. The number of aryl methyl sites for hydroxylation is 1. The van der Waals surface area contributed by atoms with Gasteiger partial charge in [0, 0.05) is 17.7 Å². The first-order chi connectivity index (χ1) is 12.1. The van der Waals surface area contributed by atoms with Gasteiger partial charge in [0.05, 0.1) is 18.1 Å². The quantitative estimate of drug-likeness (QED) is 0.499. The van der Waals surface area contributed by atoms with E-state index in [9.17, 15) is 10.1 Å². The van der Waals surface area contributed by atoms with E-state index in [1.807, 2.05) is 6.07 Å². The number of nitro groups is 1. The van der Waals surface area contributed by atoms with Crippen LogP contribution in [0, 0.1) is 23.0 Å². The number of anilines is 1. The Hall–Kier alpha value is -2.82. The second kappa shape index (κ2) is 5.92. The summed E-state index contributed by atoms with van der Waals surface area (Å²) in [5, 5.41) is 15.0. The summed E-state index contributed by atoms with van der Waals surface area (Å²) in [5.41, 5.74) is 4.61. The van der Waals surface area contributed by atoms with Crippen molar-refractivity contribution in [1.29, 1.82) is 0 Å². The fourth-order valence-corrected chi connectivity index (χ4v) is 4.15. The lowest BCUT2D eigenvalue weighted by molar-refractivity contribution is -0.385. The topological polar surface area (TPSA) is 64.4 Å². The summed E-state index contributed by atoms with van der Waals surface area (Å²) in [4.78, 5) is 11.0. The van der Waals surface area contributed by atoms with Crippen LogP contribution in [0.3, 0.4) is 0 Å². The first-order valence-electron chi connectivity index (χ1n) is 8.45. The summed E-state index contributed by atoms with van der Waals surface area (Å²) >= 11 is 0. The molecular weight excluding hydrogens is 316 g/mol. The molecule has 0 saturated heterocycles. The highest BCUT2D eigenvalue weighted by atomic mass is 16.6. The molecule has 4 rings (SSSR count). The second-order valence-corrected chi connectivity index (χ2v) is 6.70. The van der Waals surface area contributed by atoms with Gasteiger partial charge in [0.1, 0.15) is 0 Å². The van der Waals surface area contributed by atoms with Gasteiger partial charge in [0.15, 0.2) is 5.75 Å². The predicted octanol–water partition coefficient (Wildman–Crippen LogP) is 4.74. The fourth-order valence-electron chi connectivity index (χ4n) is 4.15. The van der Waals surface area contributed by atoms with Gasteiger partial charge in [-0.1, -0.05) is 36.4 Å². The highest BCUT2D eigenvalue weighted by molar-refractivity contribution is 5.64. The lowest BCUT2D eigenvalue weighted by Crippen LogP contribution is -2.29. The third-order valence-corrected chi connectivity index (χ3v) is 5.36. The Morgan fingerprint density at radius 1 is 1.28 bits per heavy atom. The maximum Gasteiger partial charge on any atom is 0.311 e. The molecule has 0 radical (unpaired) electrons. The monoisotopic (exact) mass is 336 g/mol. The standard InChI is InChI=1S/C20H20N2O3/c1-12-5-3-7-15-14-6-4-8-16(14)20(21-19(12)15)13-9-10-18(25-2)17(11-13)22(23)24/h3-7,9-11,14,16,20-21H,8H2,1-2H3/t14?,16?,20-/m1/s1. The minimum Gasteiger partial charge on any atom is -0.490 e. The molecule has 2 unspecified atom stereocenters. The van der Waals surface area contributed by atoms with Crippen LogP contribution in [0.4, 0.5) is 11.4 Å². The average molecular weight is 336 g/mol. The minimum atomic E-state index is -0.380. The molecule has 1 heterocycles. The van der Waals surface area contributed by atoms with Crippen molar-refractivity contribution in [2.45, 2.75) is 25.3 Å². The van der Waals surface area contributed by atoms with Gasteiger partial charge in [0.2, 0.25) is 0 Å². The summed E-state index contributed by atoms with van der Waals surface area (Å²) in [5.74, 6) is 1.01. The van der Waals surface area contributed by atoms with E-state index >= 15 is 0 Å². The number of ether oxygens (including phenoxy) is 1. The molecule has 0 aromatic heterocycles. The van der Waals surface area contributed by atoms with Crippen molar-refractivity contribution in [3.05, 3.63) is 75.4 Å². The molecule has 0 amide bonds. The van der Waals surface area contributed by atoms with Crippen molar-refractivity contribution < 1.29 is 9.66 Å². The van der Waals surface area contributed by atoms with E-state index in [1.165, 1.54) is 18.2 Å². The number of nitrogens with zero attached hydrogens (tertiary/aromatic N) is 1. The molecule has 0 saturated carbocycles. The van der Waals surface area contributed by atoms with Gasteiger partial charge in [0.25, 0.3) is 0 Å². The summed E-state index contributed by atoms with van der Waals surface area (Å²) in [6.07, 6.45) is 5.46. The minimum absolute atomic E-state index is 0.0138. The molecule has 1 aliphatic carbocycles. The predicted molar refractivity (Wildman–Crippen MR) is 97.2 cm³/mol. The van der Waals surface area contributed by atoms with Crippen molar-refractivity contribution in [3.8, 4) is 5.75 Å². The zero-order chi connectivity index (χ0) is 17.6. The molecule has 3 atom stereocenters. The van der Waals surface area contributed by atoms with Crippen LogP contribution in [0.2, 0.25) is 0 Å². The van der Waals surface area contributed by atoms with Crippen LogP contribution in [0.15, 0.2) is 48.6 Å². The molecule has 0 fully saturated rings. The summed E-state index contributed by atoms with van der Waals surface area (Å²) in [6.45, 7) is 2.10. The summed E-state index contributed by atoms with van der Waals surface area (Å²) in [7, 11) is 1.46. The number of methoxy groups -OCH3 is 1. The lowest BCUT2D eigenvalue weighted by atomic mass is 9.76. The van der Waals surface area contributed by atoms with Crippen LogP contribution < -0.4 is 10.1 Å². The van der Waals surface area contributed by atoms with Gasteiger partial charge in [-0.25, -0.2) is 0 Å². The molecule has 25 heavy (non-hydrogen) atoms. The number of allylic oxidation sites excluding steroid dienone is 2. The van der Waals surface area contributed by atoms with Crippen molar-refractivity contribution in [3.63, 3.8) is 0 Å². The van der Waals surface area contributed by atoms with E-state index in [0.29, 0.717) is 17.6 Å². The highest BCUT2D eigenvalue weighted by Gasteiger charge is 2.38. The molecule has 128 valence electrons. The van der Waals surface area contributed by atoms with Crippen LogP contribution in [-0.4, -0.2) is 12.0 Å². The van der Waals surface area contributed by atoms with Gasteiger partial charge in [-0.2, -0.15) is 0 Å². The van der Waals surface area contributed by atoms with E-state index in [0.717, 1.165) is 17.7 Å². The number of nitrogens with one attached hydrogen (secondary N) is 1. The van der Waals surface area contributed by atoms with Gasteiger partial charge >= 0.3 is 5.69 Å². The number of hydrogen-bond acceptors (Lipinski definition) is 4. The summed E-state index contributed by atoms with van der Waals surface area (Å²) in [6, 6.07) is 11.7. The van der Waals surface area contributed by atoms with Crippen LogP contribution in [0.5, 0.6) is 5.75 Å². The average Bonchev–Trinajstić information content (AvgIpc) is 3.11. The summed E-state index contributed by atoms with van der Waals surface area (Å²) < 4.78 is 5.14. The smallest absolute Gasteiger partial charge is 0.311 e. The Morgan fingerprint density at radius 3 is 2.88 bits per heavy atom. The Balaban J connectivity index is 1.80. The Bertz CT molecular complexity index is 875. The van der Waals surface area contributed by atoms with E-state index in [4.69, 9.17) is 4.74 Å². The normalized spacial score (nSPS) is 23.5. The SMILES string of the molecule is COc1ccc([C@H]2Nc3c(C)cccc3C3C=CCC32)cc1[N+](=O)[O-]. The van der Waals surface area contributed by atoms with Gasteiger partial charge in [-0.05, 0) is 42.0 Å². The van der Waals surface area contributed by atoms with Crippen LogP contribution in [0.25, 0.3) is 0 Å². The number of benzene rings is 2. The van der Waals surface area contributed by atoms with Gasteiger partial charge in [-0.15, -0.1) is 0 Å². The zero-order valence-electron chi connectivity index (χ0n) is 14.2. The number of fused-ring (bicyclic) bond motifs is 3. The van der Waals surface area contributed by atoms with Crippen molar-refractivity contribution in [2.24, 2.45) is 5.92 Å². The Kier molecular flexibility index (Phi) is 3.71. The van der Waals surface area contributed by atoms with Crippen molar-refractivity contribution in [2.75, 3.05) is 12.4 Å². The third-order valence-electron chi connectivity index (χ3n) is 5.36. The van der Waals surface area contributed by atoms with Gasteiger partial charge in [-0.3, -0.25) is 10.1 Å². The number of nitro benzene ring substituents is 1. The highest BCUT2D eigenvalue weighted by Crippen LogP contribution is 2.51. The molecule has 0 spiro atoms. The number of rotatable bonds is 3. The Labute approximate surface area is 146 Å². The Morgan fingerprint density at radius 2 is 2.12 bits per heavy atom. The molecule has 5 nitrogen and oxygen atoms in total. The molecule has 1 N–H and O–H groups in total. The van der Waals surface area contributed by atoms with Gasteiger partial charge < -0.3 is 10.1 Å². The zero-order valence-corrected chi connectivity index (χ0v) is 14.2. The number of hydrogen-bond donors (Lipinski definition) is 1. The fraction of sp³-hybridized carbons (Fsp3) is 0.300. The number of para-hydroxylation sites is 1. The molecule has 2 aromatic carbocycles. The molecule has 2 aromatic rings. The van der Waals surface area contributed by atoms with E-state index in [-0.39, 0.29) is 16.7 Å². The molecule has 5 heteroatoms. The molecule has 0 bridgehead atoms. The largest absolute Gasteiger partial charge is 0.490 e. The maximum atomic E-state index is 11.4. The second-order valence-electron chi connectivity index (χ2n) is 6.70. The van der Waals surface area contributed by atoms with Crippen LogP contribution >= 0.6 is 0 Å². The lowest BCUT2D eigenvalue weighted by Gasteiger charge is -2.38. The van der Waals surface area contributed by atoms with Crippen molar-refractivity contribution >= 4 is 11.4 Å². The van der Waals surface area contributed by atoms with E-state index in [1.54, 1.807) is 12.1 Å². The maximum absolute atomic E-state index is 11.4. The molecule has 2 aliphatic rings. The molecular formula is C20H20N2O3. The van der Waals surface area contributed by atoms with Crippen molar-refractivity contribution in [1.82, 2.24) is 0 Å². The van der Waals surface area contributed by atoms with Crippen LogP contribution in [-0.2, 0) is 0 Å². The third kappa shape index (κ3) is 2.47. The van der Waals surface area contributed by atoms with E-state index in [2.05, 4.69) is 42.6 Å². The van der Waals surface area contributed by atoms with E-state index < -0.39 is 0 Å². The first kappa shape index (κ1) is 15.7.